The van der Waals surface area contributed by atoms with Gasteiger partial charge in [0, 0.05) is 31.1 Å². The van der Waals surface area contributed by atoms with E-state index in [2.05, 4.69) is 0 Å². The number of nitrogens with zero attached hydrogens (tertiary/aromatic N) is 2. The van der Waals surface area contributed by atoms with Crippen LogP contribution in [-0.4, -0.2) is 59.4 Å². The molecule has 9 heteroatoms. The molecule has 0 N–H and O–H groups in total. The van der Waals surface area contributed by atoms with E-state index < -0.39 is 32.0 Å². The molecule has 3 saturated heterocycles. The number of rotatable bonds is 4. The molecule has 3 aliphatic heterocycles. The molecule has 0 saturated carbocycles. The molecule has 3 aliphatic rings. The van der Waals surface area contributed by atoms with Crippen molar-refractivity contribution in [3.63, 3.8) is 0 Å². The van der Waals surface area contributed by atoms with Crippen LogP contribution in [0.15, 0.2) is 60.7 Å². The third-order valence-electron chi connectivity index (χ3n) is 6.30. The van der Waals surface area contributed by atoms with Crippen LogP contribution in [0.1, 0.15) is 17.5 Å². The van der Waals surface area contributed by atoms with Crippen molar-refractivity contribution in [2.24, 2.45) is 5.92 Å². The molecular formula is C23H26N2O5S2. The lowest BCUT2D eigenvalue weighted by molar-refractivity contribution is -0.163. The largest absolute Gasteiger partial charge is 0.445 e. The lowest BCUT2D eigenvalue weighted by Gasteiger charge is -2.35. The highest BCUT2D eigenvalue weighted by Gasteiger charge is 2.66. The molecule has 5 rings (SSSR count). The Morgan fingerprint density at radius 1 is 0.969 bits per heavy atom. The number of carbonyl (C=O) groups excluding carboxylic acids is 1. The van der Waals surface area contributed by atoms with Crippen LogP contribution in [0.25, 0.3) is 0 Å². The lowest BCUT2D eigenvalue weighted by Crippen LogP contribution is -2.52. The van der Waals surface area contributed by atoms with Crippen molar-refractivity contribution in [2.45, 2.75) is 29.9 Å². The number of hydrogen-bond donors (Lipinski definition) is 0. The standard InChI is InChI=1S/C23H26N2O5S2/c26-22(29-17-19-10-5-2-6-11-19)24-15-20-21(16-24)25(14-18-8-3-1-4-9-18)30-23(20)31(27)12-7-13-32(23)28/h1-6,8-11,20-21H,7,12-17H2/t20-,21+,23?,31?,32?/m1/s1. The van der Waals surface area contributed by atoms with Gasteiger partial charge in [-0.05, 0) is 17.5 Å². The van der Waals surface area contributed by atoms with Gasteiger partial charge >= 0.3 is 6.09 Å². The first kappa shape index (κ1) is 21.8. The number of amides is 1. The summed E-state index contributed by atoms with van der Waals surface area (Å²) in [5.41, 5.74) is 1.96. The molecule has 170 valence electrons. The molecular weight excluding hydrogens is 448 g/mol. The second-order valence-corrected chi connectivity index (χ2v) is 12.0. The highest BCUT2D eigenvalue weighted by atomic mass is 32.2. The van der Waals surface area contributed by atoms with Gasteiger partial charge in [-0.3, -0.25) is 13.3 Å². The number of benzene rings is 2. The molecule has 2 aromatic rings. The Bertz CT molecular complexity index is 1000. The van der Waals surface area contributed by atoms with Gasteiger partial charge in [-0.25, -0.2) is 4.79 Å². The molecule has 2 aromatic carbocycles. The average Bonchev–Trinajstić information content (AvgIpc) is 3.38. The van der Waals surface area contributed by atoms with Gasteiger partial charge < -0.3 is 9.64 Å². The summed E-state index contributed by atoms with van der Waals surface area (Å²) < 4.78 is 30.7. The lowest BCUT2D eigenvalue weighted by atomic mass is 10.1. The molecule has 4 atom stereocenters. The number of ether oxygens (including phenoxy) is 1. The van der Waals surface area contributed by atoms with E-state index in [1.165, 1.54) is 0 Å². The molecule has 32 heavy (non-hydrogen) atoms. The first-order valence-electron chi connectivity index (χ1n) is 10.8. The zero-order valence-corrected chi connectivity index (χ0v) is 19.3. The fourth-order valence-corrected chi connectivity index (χ4v) is 9.12. The minimum atomic E-state index is -1.40. The van der Waals surface area contributed by atoms with Crippen LogP contribution in [0.3, 0.4) is 0 Å². The summed E-state index contributed by atoms with van der Waals surface area (Å²) in [6.07, 6.45) is 0.244. The number of hydroxylamine groups is 2. The highest BCUT2D eigenvalue weighted by molar-refractivity contribution is 8.04. The fourth-order valence-electron chi connectivity index (χ4n) is 4.73. The molecule has 1 spiro atoms. The predicted molar refractivity (Wildman–Crippen MR) is 122 cm³/mol. The van der Waals surface area contributed by atoms with Gasteiger partial charge in [0.1, 0.15) is 6.61 Å². The van der Waals surface area contributed by atoms with E-state index in [9.17, 15) is 13.2 Å². The van der Waals surface area contributed by atoms with Gasteiger partial charge in [0.05, 0.1) is 33.6 Å². The Hall–Kier alpha value is -2.07. The molecule has 0 radical (unpaired) electrons. The van der Waals surface area contributed by atoms with Crippen molar-refractivity contribution in [3.8, 4) is 0 Å². The maximum absolute atomic E-state index is 13.2. The Labute approximate surface area is 192 Å². The highest BCUT2D eigenvalue weighted by Crippen LogP contribution is 2.48. The molecule has 1 amide bonds. The van der Waals surface area contributed by atoms with E-state index in [1.54, 1.807) is 9.96 Å². The monoisotopic (exact) mass is 474 g/mol. The summed E-state index contributed by atoms with van der Waals surface area (Å²) in [6, 6.07) is 19.2. The van der Waals surface area contributed by atoms with Crippen LogP contribution >= 0.6 is 0 Å². The summed E-state index contributed by atoms with van der Waals surface area (Å²) in [4.78, 5) is 20.8. The molecule has 3 heterocycles. The zero-order valence-electron chi connectivity index (χ0n) is 17.6. The summed E-state index contributed by atoms with van der Waals surface area (Å²) in [6.45, 7) is 1.38. The number of hydrogen-bond acceptors (Lipinski definition) is 6. The Balaban J connectivity index is 1.37. The number of fused-ring (bicyclic) bond motifs is 2. The first-order chi connectivity index (χ1) is 15.6. The average molecular weight is 475 g/mol. The Kier molecular flexibility index (Phi) is 6.16. The normalized spacial score (nSPS) is 32.2. The Morgan fingerprint density at radius 2 is 1.59 bits per heavy atom. The first-order valence-corrected chi connectivity index (χ1v) is 13.4. The van der Waals surface area contributed by atoms with Crippen LogP contribution in [0.5, 0.6) is 0 Å². The summed E-state index contributed by atoms with van der Waals surface area (Å²) in [5, 5.41) is 1.80. The second kappa shape index (κ2) is 9.05. The van der Waals surface area contributed by atoms with Crippen LogP contribution in [-0.2, 0) is 44.3 Å². The molecule has 2 unspecified atom stereocenters. The maximum Gasteiger partial charge on any atom is 0.410 e. The Morgan fingerprint density at radius 3 is 2.25 bits per heavy atom. The number of likely N-dealkylation sites (tertiary alicyclic amines) is 1. The van der Waals surface area contributed by atoms with E-state index in [1.807, 2.05) is 60.7 Å². The molecule has 7 nitrogen and oxygen atoms in total. The van der Waals surface area contributed by atoms with Crippen LogP contribution in [0.4, 0.5) is 4.79 Å². The summed E-state index contributed by atoms with van der Waals surface area (Å²) in [7, 11) is -2.80. The van der Waals surface area contributed by atoms with Gasteiger partial charge in [0.15, 0.2) is 0 Å². The van der Waals surface area contributed by atoms with Crippen LogP contribution in [0, 0.1) is 5.92 Å². The molecule has 0 aliphatic carbocycles. The SMILES string of the molecule is O=C(OCc1ccccc1)N1C[C@@H]2[C@H](C1)N(Cc1ccccc1)OC21S(=O)CCCS1=O. The van der Waals surface area contributed by atoms with Crippen LogP contribution in [0.2, 0.25) is 0 Å². The van der Waals surface area contributed by atoms with E-state index in [0.717, 1.165) is 11.1 Å². The predicted octanol–water partition coefficient (Wildman–Crippen LogP) is 2.63. The van der Waals surface area contributed by atoms with Crippen molar-refractivity contribution >= 4 is 27.7 Å². The molecule has 0 aromatic heterocycles. The third kappa shape index (κ3) is 3.91. The van der Waals surface area contributed by atoms with Crippen molar-refractivity contribution in [1.29, 1.82) is 0 Å². The molecule has 0 bridgehead atoms. The van der Waals surface area contributed by atoms with Gasteiger partial charge in [0.2, 0.25) is 4.27 Å². The minimum Gasteiger partial charge on any atom is -0.445 e. The van der Waals surface area contributed by atoms with Crippen molar-refractivity contribution in [1.82, 2.24) is 9.96 Å². The third-order valence-corrected chi connectivity index (χ3v) is 10.8. The van der Waals surface area contributed by atoms with E-state index >= 15 is 0 Å². The van der Waals surface area contributed by atoms with Gasteiger partial charge in [-0.1, -0.05) is 60.7 Å². The molecule has 3 fully saturated rings. The van der Waals surface area contributed by atoms with E-state index in [-0.39, 0.29) is 18.6 Å². The zero-order chi connectivity index (χ0) is 22.1. The second-order valence-electron chi connectivity index (χ2n) is 8.33. The van der Waals surface area contributed by atoms with Gasteiger partial charge in [-0.15, -0.1) is 0 Å². The number of carbonyl (C=O) groups is 1. The van der Waals surface area contributed by atoms with Gasteiger partial charge in [-0.2, -0.15) is 5.06 Å². The summed E-state index contributed by atoms with van der Waals surface area (Å²) >= 11 is 0. The van der Waals surface area contributed by atoms with Crippen molar-refractivity contribution < 1.29 is 22.8 Å². The minimum absolute atomic E-state index is 0.189. The van der Waals surface area contributed by atoms with Crippen LogP contribution < -0.4 is 0 Å². The smallest absolute Gasteiger partial charge is 0.410 e. The van der Waals surface area contributed by atoms with Crippen molar-refractivity contribution in [2.75, 3.05) is 24.6 Å². The summed E-state index contributed by atoms with van der Waals surface area (Å²) in [5.74, 6) is 0.636. The van der Waals surface area contributed by atoms with E-state index in [4.69, 9.17) is 9.57 Å². The fraction of sp³-hybridized carbons (Fsp3) is 0.435. The maximum atomic E-state index is 13.2. The van der Waals surface area contributed by atoms with Gasteiger partial charge in [0.25, 0.3) is 0 Å². The topological polar surface area (TPSA) is 76.2 Å². The quantitative estimate of drug-likeness (QED) is 0.678. The van der Waals surface area contributed by atoms with Crippen molar-refractivity contribution in [3.05, 3.63) is 71.8 Å². The van der Waals surface area contributed by atoms with E-state index in [0.29, 0.717) is 37.6 Å².